The Morgan fingerprint density at radius 1 is 1.29 bits per heavy atom. The molecule has 0 aliphatic carbocycles. The molecule has 126 valence electrons. The number of hydrogen-bond donors (Lipinski definition) is 0. The standard InChI is InChI=1S/C17H20N4O3/c1-12-7-13(2)10-20(9-12)17(22)14-3-4-15(16(8-14)21(23)24)19-6-5-18-11-19/h3-6,8,11-13H,7,9-10H2,1-2H3. The summed E-state index contributed by atoms with van der Waals surface area (Å²) in [5.74, 6) is 0.740. The lowest BCUT2D eigenvalue weighted by Gasteiger charge is -2.35. The summed E-state index contributed by atoms with van der Waals surface area (Å²) in [6, 6.07) is 4.61. The van der Waals surface area contributed by atoms with Gasteiger partial charge in [-0.05, 0) is 30.4 Å². The molecule has 2 aromatic rings. The summed E-state index contributed by atoms with van der Waals surface area (Å²) in [5.41, 5.74) is 0.651. The molecule has 1 aliphatic heterocycles. The quantitative estimate of drug-likeness (QED) is 0.641. The molecule has 0 spiro atoms. The van der Waals surface area contributed by atoms with Gasteiger partial charge in [-0.3, -0.25) is 14.9 Å². The number of likely N-dealkylation sites (tertiary alicyclic amines) is 1. The van der Waals surface area contributed by atoms with Gasteiger partial charge < -0.3 is 9.47 Å². The first kappa shape index (κ1) is 16.2. The molecule has 0 bridgehead atoms. The predicted octanol–water partition coefficient (Wildman–Crippen LogP) is 2.90. The van der Waals surface area contributed by atoms with Crippen LogP contribution in [-0.4, -0.2) is 38.4 Å². The third-order valence-electron chi connectivity index (χ3n) is 4.36. The van der Waals surface area contributed by atoms with Crippen molar-refractivity contribution in [1.29, 1.82) is 0 Å². The van der Waals surface area contributed by atoms with Crippen molar-refractivity contribution in [1.82, 2.24) is 14.5 Å². The molecule has 1 fully saturated rings. The first-order valence-corrected chi connectivity index (χ1v) is 8.01. The van der Waals surface area contributed by atoms with Gasteiger partial charge in [-0.15, -0.1) is 0 Å². The molecule has 1 aromatic carbocycles. The van der Waals surface area contributed by atoms with E-state index in [1.54, 1.807) is 34.0 Å². The maximum Gasteiger partial charge on any atom is 0.294 e. The first-order chi connectivity index (χ1) is 11.5. The molecule has 24 heavy (non-hydrogen) atoms. The van der Waals surface area contributed by atoms with Gasteiger partial charge in [0.1, 0.15) is 5.69 Å². The van der Waals surface area contributed by atoms with Crippen molar-refractivity contribution in [3.63, 3.8) is 0 Å². The topological polar surface area (TPSA) is 81.3 Å². The number of piperidine rings is 1. The molecule has 1 amide bonds. The Bertz CT molecular complexity index is 747. The van der Waals surface area contributed by atoms with Crippen molar-refractivity contribution in [3.8, 4) is 5.69 Å². The Hall–Kier alpha value is -2.70. The second-order valence-corrected chi connectivity index (χ2v) is 6.59. The summed E-state index contributed by atoms with van der Waals surface area (Å²) in [7, 11) is 0. The minimum absolute atomic E-state index is 0.100. The number of carbonyl (C=O) groups excluding carboxylic acids is 1. The number of imidazole rings is 1. The molecule has 1 aliphatic rings. The Kier molecular flexibility index (Phi) is 4.33. The van der Waals surface area contributed by atoms with Crippen molar-refractivity contribution in [2.75, 3.05) is 13.1 Å². The van der Waals surface area contributed by atoms with Crippen molar-refractivity contribution >= 4 is 11.6 Å². The zero-order valence-corrected chi connectivity index (χ0v) is 13.8. The summed E-state index contributed by atoms with van der Waals surface area (Å²) in [6.45, 7) is 5.64. The fourth-order valence-corrected chi connectivity index (χ4v) is 3.43. The lowest BCUT2D eigenvalue weighted by atomic mass is 9.91. The summed E-state index contributed by atoms with van der Waals surface area (Å²) in [5, 5.41) is 11.4. The monoisotopic (exact) mass is 328 g/mol. The third-order valence-corrected chi connectivity index (χ3v) is 4.36. The highest BCUT2D eigenvalue weighted by molar-refractivity contribution is 5.95. The number of amides is 1. The fourth-order valence-electron chi connectivity index (χ4n) is 3.43. The Balaban J connectivity index is 1.93. The minimum Gasteiger partial charge on any atom is -0.338 e. The zero-order chi connectivity index (χ0) is 17.3. The van der Waals surface area contributed by atoms with E-state index in [1.165, 1.54) is 12.4 Å². The highest BCUT2D eigenvalue weighted by Crippen LogP contribution is 2.27. The number of carbonyl (C=O) groups is 1. The van der Waals surface area contributed by atoms with Crippen LogP contribution >= 0.6 is 0 Å². The van der Waals surface area contributed by atoms with E-state index in [9.17, 15) is 14.9 Å². The lowest BCUT2D eigenvalue weighted by Crippen LogP contribution is -2.42. The van der Waals surface area contributed by atoms with Crippen LogP contribution < -0.4 is 0 Å². The largest absolute Gasteiger partial charge is 0.338 e. The minimum atomic E-state index is -0.465. The van der Waals surface area contributed by atoms with Gasteiger partial charge in [0.15, 0.2) is 0 Å². The smallest absolute Gasteiger partial charge is 0.294 e. The van der Waals surface area contributed by atoms with E-state index in [-0.39, 0.29) is 11.6 Å². The average Bonchev–Trinajstić information content (AvgIpc) is 3.07. The number of nitro groups is 1. The number of benzene rings is 1. The van der Waals surface area contributed by atoms with Crippen LogP contribution in [0, 0.1) is 22.0 Å². The van der Waals surface area contributed by atoms with Crippen molar-refractivity contribution in [2.45, 2.75) is 20.3 Å². The molecule has 0 saturated carbocycles. The number of nitrogens with zero attached hydrogens (tertiary/aromatic N) is 4. The summed E-state index contributed by atoms with van der Waals surface area (Å²) in [6.07, 6.45) is 5.79. The molecule has 1 saturated heterocycles. The number of nitro benzene ring substituents is 1. The van der Waals surface area contributed by atoms with Crippen molar-refractivity contribution < 1.29 is 9.72 Å². The molecule has 2 atom stereocenters. The highest BCUT2D eigenvalue weighted by atomic mass is 16.6. The molecule has 7 nitrogen and oxygen atoms in total. The molecule has 7 heteroatoms. The Morgan fingerprint density at radius 2 is 2.00 bits per heavy atom. The molecule has 3 rings (SSSR count). The normalized spacial score (nSPS) is 20.8. The molecule has 2 heterocycles. The van der Waals surface area contributed by atoms with Crippen molar-refractivity contribution in [2.24, 2.45) is 11.8 Å². The number of hydrogen-bond acceptors (Lipinski definition) is 4. The van der Waals surface area contributed by atoms with E-state index in [1.807, 2.05) is 0 Å². The second-order valence-electron chi connectivity index (χ2n) is 6.59. The molecular formula is C17H20N4O3. The van der Waals surface area contributed by atoms with Gasteiger partial charge in [0.2, 0.25) is 0 Å². The van der Waals surface area contributed by atoms with Crippen LogP contribution in [0.2, 0.25) is 0 Å². The van der Waals surface area contributed by atoms with Gasteiger partial charge in [0, 0.05) is 37.1 Å². The molecule has 0 N–H and O–H groups in total. The maximum atomic E-state index is 12.7. The fraction of sp³-hybridized carbons (Fsp3) is 0.412. The zero-order valence-electron chi connectivity index (χ0n) is 13.8. The van der Waals surface area contributed by atoms with E-state index < -0.39 is 4.92 Å². The van der Waals surface area contributed by atoms with Crippen LogP contribution in [0.4, 0.5) is 5.69 Å². The molecule has 0 radical (unpaired) electrons. The predicted molar refractivity (Wildman–Crippen MR) is 89.1 cm³/mol. The maximum absolute atomic E-state index is 12.7. The van der Waals surface area contributed by atoms with Crippen molar-refractivity contribution in [3.05, 3.63) is 52.6 Å². The lowest BCUT2D eigenvalue weighted by molar-refractivity contribution is -0.384. The van der Waals surface area contributed by atoms with E-state index in [0.717, 1.165) is 6.42 Å². The summed E-state index contributed by atoms with van der Waals surface area (Å²) in [4.78, 5) is 29.4. The van der Waals surface area contributed by atoms with Gasteiger partial charge >= 0.3 is 0 Å². The van der Waals surface area contributed by atoms with E-state index >= 15 is 0 Å². The molecule has 2 unspecified atom stereocenters. The third kappa shape index (κ3) is 3.15. The van der Waals surface area contributed by atoms with Crippen LogP contribution in [0.5, 0.6) is 0 Å². The van der Waals surface area contributed by atoms with E-state index in [4.69, 9.17) is 0 Å². The molecular weight excluding hydrogens is 308 g/mol. The first-order valence-electron chi connectivity index (χ1n) is 8.01. The van der Waals surface area contributed by atoms with Gasteiger partial charge in [-0.25, -0.2) is 4.98 Å². The Labute approximate surface area is 140 Å². The van der Waals surface area contributed by atoms with Crippen LogP contribution in [-0.2, 0) is 0 Å². The summed E-state index contributed by atoms with van der Waals surface area (Å²) >= 11 is 0. The van der Waals surface area contributed by atoms with E-state index in [0.29, 0.717) is 36.2 Å². The van der Waals surface area contributed by atoms with Gasteiger partial charge in [-0.1, -0.05) is 13.8 Å². The molecule has 1 aromatic heterocycles. The number of rotatable bonds is 3. The van der Waals surface area contributed by atoms with Gasteiger partial charge in [-0.2, -0.15) is 0 Å². The van der Waals surface area contributed by atoms with E-state index in [2.05, 4.69) is 18.8 Å². The van der Waals surface area contributed by atoms with Crippen LogP contribution in [0.1, 0.15) is 30.6 Å². The summed E-state index contributed by atoms with van der Waals surface area (Å²) < 4.78 is 1.57. The Morgan fingerprint density at radius 3 is 2.58 bits per heavy atom. The average molecular weight is 328 g/mol. The SMILES string of the molecule is CC1CC(C)CN(C(=O)c2ccc(-n3ccnc3)c([N+](=O)[O-])c2)C1. The van der Waals surface area contributed by atoms with Crippen LogP contribution in [0.3, 0.4) is 0 Å². The van der Waals surface area contributed by atoms with Gasteiger partial charge in [0.25, 0.3) is 11.6 Å². The highest BCUT2D eigenvalue weighted by Gasteiger charge is 2.27. The van der Waals surface area contributed by atoms with Crippen LogP contribution in [0.15, 0.2) is 36.9 Å². The van der Waals surface area contributed by atoms with Gasteiger partial charge in [0.05, 0.1) is 11.3 Å². The number of aromatic nitrogens is 2. The second kappa shape index (κ2) is 6.43. The van der Waals surface area contributed by atoms with Crippen LogP contribution in [0.25, 0.3) is 5.69 Å².